The van der Waals surface area contributed by atoms with Gasteiger partial charge in [0.25, 0.3) is 0 Å². The quantitative estimate of drug-likeness (QED) is 0.337. The van der Waals surface area contributed by atoms with Gasteiger partial charge in [0.15, 0.2) is 0 Å². The molecule has 0 aliphatic rings. The summed E-state index contributed by atoms with van der Waals surface area (Å²) in [5.74, 6) is 0. The molecule has 4 aromatic rings. The molecule has 0 atom stereocenters. The van der Waals surface area contributed by atoms with E-state index >= 15 is 0 Å². The molecule has 130 valence electrons. The second kappa shape index (κ2) is 7.79. The first-order valence-corrected chi connectivity index (χ1v) is 9.04. The predicted octanol–water partition coefficient (Wildman–Crippen LogP) is 7.74. The van der Waals surface area contributed by atoms with E-state index in [-0.39, 0.29) is 0 Å². The van der Waals surface area contributed by atoms with Crippen molar-refractivity contribution in [2.45, 2.75) is 6.92 Å². The monoisotopic (exact) mass is 348 g/mol. The average molecular weight is 348 g/mol. The van der Waals surface area contributed by atoms with Gasteiger partial charge < -0.3 is 0 Å². The van der Waals surface area contributed by atoms with Crippen molar-refractivity contribution in [1.82, 2.24) is 0 Å². The van der Waals surface area contributed by atoms with E-state index in [1.165, 1.54) is 0 Å². The summed E-state index contributed by atoms with van der Waals surface area (Å²) in [4.78, 5) is 0. The van der Waals surface area contributed by atoms with Crippen LogP contribution in [-0.2, 0) is 0 Å². The van der Waals surface area contributed by atoms with Gasteiger partial charge in [0.2, 0.25) is 0 Å². The standard InChI is InChI=1S/C25H20N2/c1-19-11-10-17-23(21-14-6-3-7-15-21)25(19)27-26-24-18-9-8-16-22(24)20-12-4-2-5-13-20/h2-18H,1H3. The summed E-state index contributed by atoms with van der Waals surface area (Å²) in [6.45, 7) is 2.07. The van der Waals surface area contributed by atoms with E-state index in [9.17, 15) is 0 Å². The first-order chi connectivity index (χ1) is 13.3. The Hall–Kier alpha value is -3.52. The van der Waals surface area contributed by atoms with Crippen molar-refractivity contribution < 1.29 is 0 Å². The molecule has 0 heterocycles. The molecule has 0 amide bonds. The van der Waals surface area contributed by atoms with Crippen LogP contribution < -0.4 is 0 Å². The Morgan fingerprint density at radius 1 is 0.481 bits per heavy atom. The van der Waals surface area contributed by atoms with E-state index in [0.29, 0.717) is 0 Å². The van der Waals surface area contributed by atoms with Crippen LogP contribution in [0, 0.1) is 6.92 Å². The maximum Gasteiger partial charge on any atom is 0.0964 e. The lowest BCUT2D eigenvalue weighted by molar-refractivity contribution is 1.21. The molecule has 2 nitrogen and oxygen atoms in total. The van der Waals surface area contributed by atoms with Crippen molar-refractivity contribution in [3.63, 3.8) is 0 Å². The largest absolute Gasteiger partial charge is 0.150 e. The number of aryl methyl sites for hydroxylation is 1. The van der Waals surface area contributed by atoms with E-state index in [2.05, 4.69) is 65.7 Å². The molecule has 0 aliphatic carbocycles. The molecule has 0 unspecified atom stereocenters. The van der Waals surface area contributed by atoms with Gasteiger partial charge in [-0.25, -0.2) is 0 Å². The summed E-state index contributed by atoms with van der Waals surface area (Å²) in [7, 11) is 0. The zero-order valence-electron chi connectivity index (χ0n) is 15.2. The highest BCUT2D eigenvalue weighted by molar-refractivity contribution is 5.79. The van der Waals surface area contributed by atoms with Gasteiger partial charge in [-0.15, -0.1) is 10.2 Å². The lowest BCUT2D eigenvalue weighted by Crippen LogP contribution is -1.82. The number of nitrogens with zero attached hydrogens (tertiary/aromatic N) is 2. The highest BCUT2D eigenvalue weighted by Gasteiger charge is 2.08. The van der Waals surface area contributed by atoms with Crippen molar-refractivity contribution in [2.75, 3.05) is 0 Å². The number of benzene rings is 4. The molecule has 0 saturated carbocycles. The topological polar surface area (TPSA) is 24.7 Å². The third-order valence-corrected chi connectivity index (χ3v) is 4.57. The lowest BCUT2D eigenvalue weighted by Gasteiger charge is -2.09. The normalized spacial score (nSPS) is 11.0. The Kier molecular flexibility index (Phi) is 4.88. The first-order valence-electron chi connectivity index (χ1n) is 9.04. The van der Waals surface area contributed by atoms with E-state index in [1.54, 1.807) is 0 Å². The van der Waals surface area contributed by atoms with Crippen LogP contribution in [0.15, 0.2) is 113 Å². The van der Waals surface area contributed by atoms with Crippen molar-refractivity contribution in [2.24, 2.45) is 10.2 Å². The molecule has 0 fully saturated rings. The van der Waals surface area contributed by atoms with Crippen molar-refractivity contribution in [3.8, 4) is 22.3 Å². The van der Waals surface area contributed by atoms with Crippen molar-refractivity contribution in [3.05, 3.63) is 109 Å². The first kappa shape index (κ1) is 16.9. The van der Waals surface area contributed by atoms with Crippen LogP contribution in [0.2, 0.25) is 0 Å². The van der Waals surface area contributed by atoms with E-state index < -0.39 is 0 Å². The molecule has 0 spiro atoms. The van der Waals surface area contributed by atoms with Crippen LogP contribution >= 0.6 is 0 Å². The van der Waals surface area contributed by atoms with Gasteiger partial charge in [-0.3, -0.25) is 0 Å². The van der Waals surface area contributed by atoms with Crippen LogP contribution in [0.25, 0.3) is 22.3 Å². The number of hydrogen-bond acceptors (Lipinski definition) is 2. The van der Waals surface area contributed by atoms with Gasteiger partial charge in [-0.05, 0) is 29.7 Å². The fraction of sp³-hybridized carbons (Fsp3) is 0.0400. The molecular formula is C25H20N2. The molecular weight excluding hydrogens is 328 g/mol. The van der Waals surface area contributed by atoms with Crippen molar-refractivity contribution >= 4 is 11.4 Å². The summed E-state index contributed by atoms with van der Waals surface area (Å²) in [6.07, 6.45) is 0. The van der Waals surface area contributed by atoms with Crippen LogP contribution in [0.5, 0.6) is 0 Å². The summed E-state index contributed by atoms with van der Waals surface area (Å²) < 4.78 is 0. The molecule has 27 heavy (non-hydrogen) atoms. The van der Waals surface area contributed by atoms with Gasteiger partial charge in [-0.2, -0.15) is 0 Å². The molecule has 0 radical (unpaired) electrons. The molecule has 0 bridgehead atoms. The Labute approximate surface area is 159 Å². The van der Waals surface area contributed by atoms with Crippen LogP contribution in [0.3, 0.4) is 0 Å². The fourth-order valence-corrected chi connectivity index (χ4v) is 3.17. The molecule has 2 heteroatoms. The van der Waals surface area contributed by atoms with Crippen molar-refractivity contribution in [1.29, 1.82) is 0 Å². The van der Waals surface area contributed by atoms with Gasteiger partial charge in [0.1, 0.15) is 0 Å². The highest BCUT2D eigenvalue weighted by atomic mass is 15.1. The minimum Gasteiger partial charge on any atom is -0.150 e. The second-order valence-electron chi connectivity index (χ2n) is 6.42. The maximum absolute atomic E-state index is 4.66. The van der Waals surface area contributed by atoms with E-state index in [4.69, 9.17) is 0 Å². The lowest BCUT2D eigenvalue weighted by atomic mass is 10.0. The summed E-state index contributed by atoms with van der Waals surface area (Å²) in [5.41, 5.74) is 7.34. The maximum atomic E-state index is 4.66. The van der Waals surface area contributed by atoms with Gasteiger partial charge in [0, 0.05) is 11.1 Å². The number of rotatable bonds is 4. The molecule has 0 N–H and O–H groups in total. The van der Waals surface area contributed by atoms with Gasteiger partial charge in [-0.1, -0.05) is 97.1 Å². The third kappa shape index (κ3) is 3.70. The molecule has 4 aromatic carbocycles. The summed E-state index contributed by atoms with van der Waals surface area (Å²) >= 11 is 0. The second-order valence-corrected chi connectivity index (χ2v) is 6.42. The molecule has 0 saturated heterocycles. The molecule has 0 aliphatic heterocycles. The Bertz CT molecular complexity index is 1070. The Morgan fingerprint density at radius 2 is 1.04 bits per heavy atom. The van der Waals surface area contributed by atoms with Crippen LogP contribution in [0.4, 0.5) is 11.4 Å². The van der Waals surface area contributed by atoms with Crippen LogP contribution in [-0.4, -0.2) is 0 Å². The zero-order valence-corrected chi connectivity index (χ0v) is 15.2. The SMILES string of the molecule is Cc1cccc(-c2ccccc2)c1N=Nc1ccccc1-c1ccccc1. The Balaban J connectivity index is 1.78. The fourth-order valence-electron chi connectivity index (χ4n) is 3.17. The minimum atomic E-state index is 0.867. The summed E-state index contributed by atoms with van der Waals surface area (Å²) in [6, 6.07) is 35.0. The Morgan fingerprint density at radius 3 is 1.74 bits per heavy atom. The third-order valence-electron chi connectivity index (χ3n) is 4.57. The van der Waals surface area contributed by atoms with Gasteiger partial charge in [0.05, 0.1) is 11.4 Å². The zero-order chi connectivity index (χ0) is 18.5. The number of hydrogen-bond donors (Lipinski definition) is 0. The smallest absolute Gasteiger partial charge is 0.0964 e. The predicted molar refractivity (Wildman–Crippen MR) is 113 cm³/mol. The van der Waals surface area contributed by atoms with Gasteiger partial charge >= 0.3 is 0 Å². The van der Waals surface area contributed by atoms with E-state index in [0.717, 1.165) is 39.2 Å². The minimum absolute atomic E-state index is 0.867. The van der Waals surface area contributed by atoms with Crippen LogP contribution in [0.1, 0.15) is 5.56 Å². The summed E-state index contributed by atoms with van der Waals surface area (Å²) in [5, 5.41) is 9.29. The van der Waals surface area contributed by atoms with E-state index in [1.807, 2.05) is 54.6 Å². The molecule has 4 rings (SSSR count). The highest BCUT2D eigenvalue weighted by Crippen LogP contribution is 2.36. The molecule has 0 aromatic heterocycles. The number of azo groups is 1. The average Bonchev–Trinajstić information content (AvgIpc) is 2.74.